The van der Waals surface area contributed by atoms with Crippen molar-refractivity contribution in [3.8, 4) is 5.75 Å². The highest BCUT2D eigenvalue weighted by Gasteiger charge is 2.32. The van der Waals surface area contributed by atoms with Gasteiger partial charge in [0, 0.05) is 29.3 Å². The predicted molar refractivity (Wildman–Crippen MR) is 93.6 cm³/mol. The normalized spacial score (nSPS) is 15.2. The SMILES string of the molecule is Cc1cc2c(c(C(C)(C)C)c1)OC/[N+]2=C/c1ccc([N+](=O)[O-])cc1. The summed E-state index contributed by atoms with van der Waals surface area (Å²) >= 11 is 0. The maximum Gasteiger partial charge on any atom is 0.293 e. The fraction of sp³-hybridized carbons (Fsp3) is 0.316. The zero-order chi connectivity index (χ0) is 17.5. The Labute approximate surface area is 141 Å². The number of rotatable bonds is 2. The lowest BCUT2D eigenvalue weighted by Gasteiger charge is -2.20. The van der Waals surface area contributed by atoms with E-state index < -0.39 is 4.92 Å². The molecule has 1 heterocycles. The summed E-state index contributed by atoms with van der Waals surface area (Å²) < 4.78 is 7.98. The number of nitro benzene ring substituents is 1. The number of fused-ring (bicyclic) bond motifs is 1. The average molecular weight is 325 g/mol. The Morgan fingerprint density at radius 3 is 2.46 bits per heavy atom. The molecule has 2 aromatic carbocycles. The lowest BCUT2D eigenvalue weighted by molar-refractivity contribution is -0.452. The molecule has 0 spiro atoms. The second kappa shape index (κ2) is 5.74. The summed E-state index contributed by atoms with van der Waals surface area (Å²) in [6.07, 6.45) is 1.96. The Hall–Kier alpha value is -2.69. The first-order valence-electron chi connectivity index (χ1n) is 7.89. The monoisotopic (exact) mass is 325 g/mol. The minimum Gasteiger partial charge on any atom is -0.429 e. The molecule has 0 amide bonds. The van der Waals surface area contributed by atoms with E-state index in [1.54, 1.807) is 12.1 Å². The first-order chi connectivity index (χ1) is 11.3. The molecule has 24 heavy (non-hydrogen) atoms. The molecule has 0 aromatic heterocycles. The van der Waals surface area contributed by atoms with Crippen LogP contribution in [0.4, 0.5) is 11.4 Å². The van der Waals surface area contributed by atoms with Crippen molar-refractivity contribution in [3.63, 3.8) is 0 Å². The second-order valence-corrected chi connectivity index (χ2v) is 7.13. The number of nitro groups is 1. The van der Waals surface area contributed by atoms with Crippen LogP contribution in [-0.4, -0.2) is 22.4 Å². The molecule has 1 aliphatic rings. The van der Waals surface area contributed by atoms with Gasteiger partial charge in [-0.2, -0.15) is 4.58 Å². The molecule has 0 aliphatic carbocycles. The van der Waals surface area contributed by atoms with E-state index in [2.05, 4.69) is 39.8 Å². The molecule has 2 aromatic rings. The zero-order valence-corrected chi connectivity index (χ0v) is 14.4. The largest absolute Gasteiger partial charge is 0.429 e. The van der Waals surface area contributed by atoms with Gasteiger partial charge in [0.15, 0.2) is 6.21 Å². The van der Waals surface area contributed by atoms with Gasteiger partial charge in [-0.15, -0.1) is 0 Å². The number of nitrogens with zero attached hydrogens (tertiary/aromatic N) is 2. The molecule has 5 nitrogen and oxygen atoms in total. The van der Waals surface area contributed by atoms with Gasteiger partial charge >= 0.3 is 0 Å². The van der Waals surface area contributed by atoms with Crippen LogP contribution in [0.25, 0.3) is 0 Å². The van der Waals surface area contributed by atoms with Crippen LogP contribution in [0, 0.1) is 17.0 Å². The van der Waals surface area contributed by atoms with Crippen LogP contribution in [0.15, 0.2) is 36.4 Å². The van der Waals surface area contributed by atoms with Gasteiger partial charge < -0.3 is 4.74 Å². The molecule has 1 aliphatic heterocycles. The topological polar surface area (TPSA) is 55.4 Å². The second-order valence-electron chi connectivity index (χ2n) is 7.13. The highest BCUT2D eigenvalue weighted by molar-refractivity contribution is 5.78. The van der Waals surface area contributed by atoms with Gasteiger partial charge in [0.25, 0.3) is 18.1 Å². The third-order valence-corrected chi connectivity index (χ3v) is 4.09. The molecule has 0 bridgehead atoms. The zero-order valence-electron chi connectivity index (χ0n) is 14.4. The van der Waals surface area contributed by atoms with Crippen molar-refractivity contribution in [2.24, 2.45) is 0 Å². The van der Waals surface area contributed by atoms with E-state index in [0.29, 0.717) is 6.73 Å². The van der Waals surface area contributed by atoms with E-state index in [1.165, 1.54) is 23.3 Å². The Morgan fingerprint density at radius 1 is 1.21 bits per heavy atom. The van der Waals surface area contributed by atoms with E-state index >= 15 is 0 Å². The standard InChI is InChI=1S/C19H21N2O3/c1-13-9-16(19(2,3)4)18-17(10-13)20(12-24-18)11-14-5-7-15(8-6-14)21(22)23/h5-11H,12H2,1-4H3/q+1/b20-11-. The summed E-state index contributed by atoms with van der Waals surface area (Å²) in [6, 6.07) is 10.8. The summed E-state index contributed by atoms with van der Waals surface area (Å²) in [5.41, 5.74) is 4.41. The molecule has 5 heteroatoms. The molecular weight excluding hydrogens is 304 g/mol. The van der Waals surface area contributed by atoms with Gasteiger partial charge in [0.05, 0.1) is 4.92 Å². The third kappa shape index (κ3) is 3.02. The molecular formula is C19H21N2O3+. The van der Waals surface area contributed by atoms with Gasteiger partial charge in [-0.25, -0.2) is 0 Å². The lowest BCUT2D eigenvalue weighted by atomic mass is 9.85. The van der Waals surface area contributed by atoms with Crippen LogP contribution >= 0.6 is 0 Å². The molecule has 124 valence electrons. The average Bonchev–Trinajstić information content (AvgIpc) is 2.89. The molecule has 3 rings (SSSR count). The smallest absolute Gasteiger partial charge is 0.293 e. The minimum absolute atomic E-state index is 0.000524. The predicted octanol–water partition coefficient (Wildman–Crippen LogP) is 4.31. The van der Waals surface area contributed by atoms with Crippen molar-refractivity contribution < 1.29 is 14.2 Å². The van der Waals surface area contributed by atoms with Gasteiger partial charge in [-0.3, -0.25) is 10.1 Å². The molecule has 0 saturated carbocycles. The van der Waals surface area contributed by atoms with Crippen molar-refractivity contribution >= 4 is 17.6 Å². The lowest BCUT2D eigenvalue weighted by Crippen LogP contribution is -2.12. The van der Waals surface area contributed by atoms with Crippen molar-refractivity contribution in [1.82, 2.24) is 0 Å². The Kier molecular flexibility index (Phi) is 3.87. The van der Waals surface area contributed by atoms with Crippen LogP contribution in [0.3, 0.4) is 0 Å². The van der Waals surface area contributed by atoms with Crippen molar-refractivity contribution in [2.75, 3.05) is 6.73 Å². The number of non-ortho nitro benzene ring substituents is 1. The van der Waals surface area contributed by atoms with Crippen LogP contribution in [0.2, 0.25) is 0 Å². The number of ether oxygens (including phenoxy) is 1. The van der Waals surface area contributed by atoms with Gasteiger partial charge in [0.2, 0.25) is 5.75 Å². The minimum atomic E-state index is -0.392. The van der Waals surface area contributed by atoms with E-state index in [4.69, 9.17) is 4.74 Å². The first-order valence-corrected chi connectivity index (χ1v) is 7.89. The summed E-state index contributed by atoms with van der Waals surface area (Å²) in [7, 11) is 0. The highest BCUT2D eigenvalue weighted by atomic mass is 16.6. The van der Waals surface area contributed by atoms with Gasteiger partial charge in [0.1, 0.15) is 0 Å². The van der Waals surface area contributed by atoms with Crippen LogP contribution in [0.5, 0.6) is 5.75 Å². The van der Waals surface area contributed by atoms with E-state index in [1.807, 2.05) is 10.8 Å². The van der Waals surface area contributed by atoms with Crippen molar-refractivity contribution in [1.29, 1.82) is 0 Å². The summed E-state index contributed by atoms with van der Waals surface area (Å²) in [5, 5.41) is 10.8. The van der Waals surface area contributed by atoms with E-state index in [9.17, 15) is 10.1 Å². The molecule has 0 radical (unpaired) electrons. The Morgan fingerprint density at radius 2 is 1.88 bits per heavy atom. The molecule has 0 atom stereocenters. The fourth-order valence-corrected chi connectivity index (χ4v) is 2.85. The molecule has 0 saturated heterocycles. The number of hydrogen-bond donors (Lipinski definition) is 0. The molecule has 0 fully saturated rings. The number of benzene rings is 2. The van der Waals surface area contributed by atoms with Crippen molar-refractivity contribution in [3.05, 3.63) is 63.2 Å². The summed E-state index contributed by atoms with van der Waals surface area (Å²) in [4.78, 5) is 10.4. The number of hydrogen-bond acceptors (Lipinski definition) is 3. The maximum atomic E-state index is 10.8. The van der Waals surface area contributed by atoms with Gasteiger partial charge in [-0.1, -0.05) is 26.8 Å². The van der Waals surface area contributed by atoms with Gasteiger partial charge in [-0.05, 0) is 30.0 Å². The third-order valence-electron chi connectivity index (χ3n) is 4.09. The fourth-order valence-electron chi connectivity index (χ4n) is 2.85. The summed E-state index contributed by atoms with van der Waals surface area (Å²) in [5.74, 6) is 0.922. The maximum absolute atomic E-state index is 10.8. The summed E-state index contributed by atoms with van der Waals surface area (Å²) in [6.45, 7) is 9.05. The highest BCUT2D eigenvalue weighted by Crippen LogP contribution is 2.42. The van der Waals surface area contributed by atoms with E-state index in [-0.39, 0.29) is 11.1 Å². The molecule has 0 N–H and O–H groups in total. The number of aryl methyl sites for hydroxylation is 1. The molecule has 0 unspecified atom stereocenters. The van der Waals surface area contributed by atoms with E-state index in [0.717, 1.165) is 17.0 Å². The quantitative estimate of drug-likeness (QED) is 0.469. The Balaban J connectivity index is 2.03. The van der Waals surface area contributed by atoms with Crippen LogP contribution in [-0.2, 0) is 5.41 Å². The van der Waals surface area contributed by atoms with Crippen molar-refractivity contribution in [2.45, 2.75) is 33.1 Å². The Bertz CT molecular complexity index is 831. The van der Waals surface area contributed by atoms with Crippen LogP contribution < -0.4 is 4.74 Å². The first kappa shape index (κ1) is 16.2. The van der Waals surface area contributed by atoms with Crippen LogP contribution in [0.1, 0.15) is 37.5 Å².